The lowest BCUT2D eigenvalue weighted by atomic mass is 9.99. The number of hydrogen-bond donors (Lipinski definition) is 1. The molecule has 1 N–H and O–H groups in total. The van der Waals surface area contributed by atoms with Crippen LogP contribution in [0.5, 0.6) is 5.75 Å². The van der Waals surface area contributed by atoms with Gasteiger partial charge in [0.15, 0.2) is 0 Å². The predicted octanol–water partition coefficient (Wildman–Crippen LogP) is 1.37. The molecule has 1 aliphatic heterocycles. The Morgan fingerprint density at radius 2 is 2.22 bits per heavy atom. The van der Waals surface area contributed by atoms with Crippen molar-refractivity contribution in [1.82, 2.24) is 9.62 Å². The Bertz CT molecular complexity index is 645. The molecule has 0 aliphatic carbocycles. The van der Waals surface area contributed by atoms with E-state index in [4.69, 9.17) is 4.74 Å². The molecular formula is C16H24N2O4S. The first kappa shape index (κ1) is 17.7. The van der Waals surface area contributed by atoms with Crippen molar-refractivity contribution in [1.29, 1.82) is 0 Å². The van der Waals surface area contributed by atoms with Gasteiger partial charge in [0.2, 0.25) is 15.9 Å². The van der Waals surface area contributed by atoms with Crippen molar-refractivity contribution >= 4 is 15.9 Å². The van der Waals surface area contributed by atoms with Crippen LogP contribution in [0.4, 0.5) is 0 Å². The molecule has 1 atom stereocenters. The van der Waals surface area contributed by atoms with E-state index in [1.165, 1.54) is 10.6 Å². The van der Waals surface area contributed by atoms with Crippen LogP contribution in [-0.4, -0.2) is 44.6 Å². The van der Waals surface area contributed by atoms with E-state index in [1.54, 1.807) is 0 Å². The third-order valence-electron chi connectivity index (χ3n) is 3.90. The molecule has 2 rings (SSSR count). The Balaban J connectivity index is 1.90. The maximum atomic E-state index is 12.3. The summed E-state index contributed by atoms with van der Waals surface area (Å²) in [6.45, 7) is 3.70. The van der Waals surface area contributed by atoms with Gasteiger partial charge in [-0.1, -0.05) is 12.1 Å². The normalized spacial score (nSPS) is 19.3. The Kier molecular flexibility index (Phi) is 6.01. The van der Waals surface area contributed by atoms with Gasteiger partial charge in [-0.05, 0) is 37.5 Å². The molecule has 0 bridgehead atoms. The number of hydrogen-bond acceptors (Lipinski definition) is 4. The zero-order chi connectivity index (χ0) is 16.9. The fourth-order valence-electron chi connectivity index (χ4n) is 2.70. The van der Waals surface area contributed by atoms with Crippen LogP contribution in [-0.2, 0) is 21.4 Å². The fourth-order valence-corrected chi connectivity index (χ4v) is 3.61. The van der Waals surface area contributed by atoms with Crippen molar-refractivity contribution in [2.24, 2.45) is 5.92 Å². The lowest BCUT2D eigenvalue weighted by Crippen LogP contribution is -2.44. The number of amides is 1. The summed E-state index contributed by atoms with van der Waals surface area (Å²) in [6, 6.07) is 7.58. The molecule has 1 aliphatic rings. The standard InChI is InChI=1S/C16H24N2O4S/c1-3-22-15-8-4-6-13(10-15)11-17-16(19)14-7-5-9-18(12-14)23(2,20)21/h4,6,8,10,14H,3,5,7,9,11-12H2,1-2H3,(H,17,19)/t14-/m0/s1. The SMILES string of the molecule is CCOc1cccc(CNC(=O)[C@H]2CCCN(S(C)(=O)=O)C2)c1. The summed E-state index contributed by atoms with van der Waals surface area (Å²) < 4.78 is 30.0. The molecule has 0 saturated carbocycles. The third kappa shape index (κ3) is 5.21. The van der Waals surface area contributed by atoms with E-state index >= 15 is 0 Å². The van der Waals surface area contributed by atoms with E-state index < -0.39 is 10.0 Å². The van der Waals surface area contributed by atoms with Gasteiger partial charge in [-0.15, -0.1) is 0 Å². The summed E-state index contributed by atoms with van der Waals surface area (Å²) in [6.07, 6.45) is 2.62. The number of rotatable bonds is 6. The first-order chi connectivity index (χ1) is 10.9. The largest absolute Gasteiger partial charge is 0.494 e. The van der Waals surface area contributed by atoms with Gasteiger partial charge in [0.25, 0.3) is 0 Å². The number of nitrogens with zero attached hydrogens (tertiary/aromatic N) is 1. The minimum Gasteiger partial charge on any atom is -0.494 e. The number of nitrogens with one attached hydrogen (secondary N) is 1. The van der Waals surface area contributed by atoms with Crippen molar-refractivity contribution < 1.29 is 17.9 Å². The lowest BCUT2D eigenvalue weighted by Gasteiger charge is -2.30. The van der Waals surface area contributed by atoms with Crippen LogP contribution >= 0.6 is 0 Å². The maximum Gasteiger partial charge on any atom is 0.224 e. The topological polar surface area (TPSA) is 75.7 Å². The second-order valence-corrected chi connectivity index (χ2v) is 7.74. The number of piperidine rings is 1. The highest BCUT2D eigenvalue weighted by Crippen LogP contribution is 2.19. The molecule has 1 aromatic rings. The molecule has 23 heavy (non-hydrogen) atoms. The van der Waals surface area contributed by atoms with Crippen LogP contribution < -0.4 is 10.1 Å². The van der Waals surface area contributed by atoms with Gasteiger partial charge in [-0.2, -0.15) is 0 Å². The van der Waals surface area contributed by atoms with E-state index in [2.05, 4.69) is 5.32 Å². The van der Waals surface area contributed by atoms with Gasteiger partial charge in [0.05, 0.1) is 18.8 Å². The molecule has 0 unspecified atom stereocenters. The minimum atomic E-state index is -3.23. The number of benzene rings is 1. The molecule has 1 saturated heterocycles. The van der Waals surface area contributed by atoms with Crippen molar-refractivity contribution in [3.63, 3.8) is 0 Å². The van der Waals surface area contributed by atoms with Gasteiger partial charge >= 0.3 is 0 Å². The van der Waals surface area contributed by atoms with Crippen LogP contribution in [0.3, 0.4) is 0 Å². The van der Waals surface area contributed by atoms with Gasteiger partial charge < -0.3 is 10.1 Å². The summed E-state index contributed by atoms with van der Waals surface area (Å²) >= 11 is 0. The number of ether oxygens (including phenoxy) is 1. The quantitative estimate of drug-likeness (QED) is 0.849. The summed E-state index contributed by atoms with van der Waals surface area (Å²) in [5.74, 6) is 0.397. The second kappa shape index (κ2) is 7.79. The van der Waals surface area contributed by atoms with Gasteiger partial charge in [-0.25, -0.2) is 12.7 Å². The van der Waals surface area contributed by atoms with Crippen LogP contribution in [0, 0.1) is 5.92 Å². The predicted molar refractivity (Wildman–Crippen MR) is 88.6 cm³/mol. The second-order valence-electron chi connectivity index (χ2n) is 5.76. The van der Waals surface area contributed by atoms with Crippen molar-refractivity contribution in [3.05, 3.63) is 29.8 Å². The molecule has 0 spiro atoms. The smallest absolute Gasteiger partial charge is 0.224 e. The highest BCUT2D eigenvalue weighted by atomic mass is 32.2. The van der Waals surface area contributed by atoms with Gasteiger partial charge in [0, 0.05) is 19.6 Å². The van der Waals surface area contributed by atoms with Gasteiger partial charge in [0.1, 0.15) is 5.75 Å². The number of carbonyl (C=O) groups excluding carboxylic acids is 1. The van der Waals surface area contributed by atoms with E-state index in [0.29, 0.717) is 26.1 Å². The highest BCUT2D eigenvalue weighted by molar-refractivity contribution is 7.88. The zero-order valence-electron chi connectivity index (χ0n) is 13.6. The van der Waals surface area contributed by atoms with E-state index in [9.17, 15) is 13.2 Å². The van der Waals surface area contributed by atoms with Crippen LogP contribution in [0.25, 0.3) is 0 Å². The molecule has 6 nitrogen and oxygen atoms in total. The Hall–Kier alpha value is -1.60. The monoisotopic (exact) mass is 340 g/mol. The van der Waals surface area contributed by atoms with E-state index in [1.807, 2.05) is 31.2 Å². The number of sulfonamides is 1. The van der Waals surface area contributed by atoms with Crippen LogP contribution in [0.2, 0.25) is 0 Å². The first-order valence-corrected chi connectivity index (χ1v) is 9.69. The van der Waals surface area contributed by atoms with Crippen LogP contribution in [0.15, 0.2) is 24.3 Å². The summed E-state index contributed by atoms with van der Waals surface area (Å²) in [5, 5.41) is 2.89. The Morgan fingerprint density at radius 1 is 1.43 bits per heavy atom. The first-order valence-electron chi connectivity index (χ1n) is 7.84. The molecule has 0 radical (unpaired) electrons. The summed E-state index contributed by atoms with van der Waals surface area (Å²) in [7, 11) is -3.23. The summed E-state index contributed by atoms with van der Waals surface area (Å²) in [5.41, 5.74) is 0.958. The van der Waals surface area contributed by atoms with E-state index in [0.717, 1.165) is 17.7 Å². The Morgan fingerprint density at radius 3 is 2.91 bits per heavy atom. The maximum absolute atomic E-state index is 12.3. The third-order valence-corrected chi connectivity index (χ3v) is 5.17. The molecule has 1 aromatic carbocycles. The minimum absolute atomic E-state index is 0.0971. The summed E-state index contributed by atoms with van der Waals surface area (Å²) in [4.78, 5) is 12.3. The fraction of sp³-hybridized carbons (Fsp3) is 0.562. The van der Waals surface area contributed by atoms with Gasteiger partial charge in [-0.3, -0.25) is 4.79 Å². The highest BCUT2D eigenvalue weighted by Gasteiger charge is 2.29. The Labute approximate surface area is 137 Å². The number of carbonyl (C=O) groups is 1. The molecule has 1 fully saturated rings. The van der Waals surface area contributed by atoms with Crippen LogP contribution in [0.1, 0.15) is 25.3 Å². The van der Waals surface area contributed by atoms with E-state index in [-0.39, 0.29) is 18.4 Å². The van der Waals surface area contributed by atoms with Crippen molar-refractivity contribution in [2.75, 3.05) is 26.0 Å². The van der Waals surface area contributed by atoms with Crippen molar-refractivity contribution in [3.8, 4) is 5.75 Å². The molecule has 1 amide bonds. The molecule has 128 valence electrons. The molecule has 1 heterocycles. The zero-order valence-corrected chi connectivity index (χ0v) is 14.4. The molecular weight excluding hydrogens is 316 g/mol. The lowest BCUT2D eigenvalue weighted by molar-refractivity contribution is -0.126. The molecule has 7 heteroatoms. The molecule has 0 aromatic heterocycles. The average Bonchev–Trinajstić information content (AvgIpc) is 2.53. The van der Waals surface area contributed by atoms with Crippen molar-refractivity contribution in [2.45, 2.75) is 26.3 Å². The average molecular weight is 340 g/mol.